The van der Waals surface area contributed by atoms with Crippen molar-refractivity contribution in [3.8, 4) is 0 Å². The number of methoxy groups -OCH3 is 1. The summed E-state index contributed by atoms with van der Waals surface area (Å²) in [4.78, 5) is 12.9. The van der Waals surface area contributed by atoms with Crippen LogP contribution in [0, 0.1) is 5.92 Å². The molecule has 2 heterocycles. The van der Waals surface area contributed by atoms with Crippen molar-refractivity contribution in [2.75, 3.05) is 39.9 Å². The van der Waals surface area contributed by atoms with Crippen molar-refractivity contribution in [3.05, 3.63) is 53.6 Å². The van der Waals surface area contributed by atoms with E-state index in [1.165, 1.54) is 38.8 Å². The van der Waals surface area contributed by atoms with Crippen LogP contribution in [-0.4, -0.2) is 65.7 Å². The van der Waals surface area contributed by atoms with Crippen molar-refractivity contribution in [1.82, 2.24) is 19.8 Å². The molecule has 0 unspecified atom stereocenters. The molecule has 1 aliphatic carbocycles. The first-order chi connectivity index (χ1) is 13.3. The first-order valence-corrected chi connectivity index (χ1v) is 10.3. The number of H-pyrrole nitrogens is 1. The Hall–Kier alpha value is -1.69. The fourth-order valence-corrected chi connectivity index (χ4v) is 4.79. The maximum atomic E-state index is 5.34. The average Bonchev–Trinajstić information content (AvgIpc) is 3.35. The number of hydrogen-bond acceptors (Lipinski definition) is 4. The molecule has 2 aliphatic rings. The third-order valence-corrected chi connectivity index (χ3v) is 6.15. The molecule has 4 rings (SSSR count). The number of nitrogens with zero attached hydrogens (tertiary/aromatic N) is 3. The number of ether oxygens (including phenoxy) is 1. The number of hydrogen-bond donors (Lipinski definition) is 1. The summed E-state index contributed by atoms with van der Waals surface area (Å²) < 4.78 is 5.34. The van der Waals surface area contributed by atoms with Gasteiger partial charge in [-0.05, 0) is 49.3 Å². The molecule has 1 aromatic carbocycles. The summed E-state index contributed by atoms with van der Waals surface area (Å²) in [6.07, 6.45) is 8.84. The minimum Gasteiger partial charge on any atom is -0.383 e. The highest BCUT2D eigenvalue weighted by molar-refractivity contribution is 5.33. The number of piperidine rings is 1. The zero-order valence-corrected chi connectivity index (χ0v) is 16.4. The molecular weight excluding hydrogens is 336 g/mol. The van der Waals surface area contributed by atoms with Gasteiger partial charge in [0.15, 0.2) is 0 Å². The molecule has 5 heteroatoms. The third-order valence-electron chi connectivity index (χ3n) is 6.15. The minimum absolute atomic E-state index is 0.697. The van der Waals surface area contributed by atoms with E-state index in [0.717, 1.165) is 38.0 Å². The maximum absolute atomic E-state index is 5.34. The van der Waals surface area contributed by atoms with Gasteiger partial charge in [-0.15, -0.1) is 0 Å². The molecule has 1 N–H and O–H groups in total. The van der Waals surface area contributed by atoms with Gasteiger partial charge in [0.05, 0.1) is 13.2 Å². The van der Waals surface area contributed by atoms with E-state index in [1.807, 2.05) is 12.4 Å². The highest BCUT2D eigenvalue weighted by Gasteiger charge is 2.31. The van der Waals surface area contributed by atoms with Gasteiger partial charge in [-0.3, -0.25) is 9.80 Å². The summed E-state index contributed by atoms with van der Waals surface area (Å²) in [5.74, 6) is 1.78. The number of fused-ring (bicyclic) bond motifs is 1. The van der Waals surface area contributed by atoms with Crippen molar-refractivity contribution >= 4 is 0 Å². The first-order valence-electron chi connectivity index (χ1n) is 10.3. The number of nitrogens with one attached hydrogen (secondary N) is 1. The minimum atomic E-state index is 0.697. The van der Waals surface area contributed by atoms with Crippen molar-refractivity contribution < 1.29 is 4.74 Å². The molecule has 0 radical (unpaired) electrons. The third kappa shape index (κ3) is 4.78. The van der Waals surface area contributed by atoms with Crippen molar-refractivity contribution in [2.45, 2.75) is 38.3 Å². The molecular formula is C22H32N4O. The summed E-state index contributed by atoms with van der Waals surface area (Å²) in [5.41, 5.74) is 3.12. The van der Waals surface area contributed by atoms with Crippen LogP contribution in [0.1, 0.15) is 29.8 Å². The standard InChI is InChI=1S/C22H32N4O/c1-27-12-11-25(17-22-23-8-9-24-22)15-18-5-4-10-26(16-18)21-13-19-6-2-3-7-20(19)14-21/h2-3,6-9,18,21H,4-5,10-17H2,1H3,(H,23,24)/t18-/m0/s1. The molecule has 5 nitrogen and oxygen atoms in total. The van der Waals surface area contributed by atoms with Crippen molar-refractivity contribution in [2.24, 2.45) is 5.92 Å². The van der Waals surface area contributed by atoms with E-state index in [9.17, 15) is 0 Å². The van der Waals surface area contributed by atoms with Gasteiger partial charge in [0, 0.05) is 45.2 Å². The van der Waals surface area contributed by atoms with Gasteiger partial charge in [0.2, 0.25) is 0 Å². The van der Waals surface area contributed by atoms with E-state index in [4.69, 9.17) is 4.74 Å². The van der Waals surface area contributed by atoms with Crippen LogP contribution in [0.3, 0.4) is 0 Å². The van der Waals surface area contributed by atoms with Crippen LogP contribution in [0.4, 0.5) is 0 Å². The summed E-state index contributed by atoms with van der Waals surface area (Å²) in [6, 6.07) is 9.69. The topological polar surface area (TPSA) is 44.4 Å². The molecule has 0 amide bonds. The Morgan fingerprint density at radius 1 is 1.26 bits per heavy atom. The Morgan fingerprint density at radius 2 is 2.07 bits per heavy atom. The van der Waals surface area contributed by atoms with Crippen LogP contribution < -0.4 is 0 Å². The van der Waals surface area contributed by atoms with Crippen molar-refractivity contribution in [1.29, 1.82) is 0 Å². The van der Waals surface area contributed by atoms with E-state index >= 15 is 0 Å². The van der Waals surface area contributed by atoms with Gasteiger partial charge >= 0.3 is 0 Å². The van der Waals surface area contributed by atoms with Gasteiger partial charge < -0.3 is 9.72 Å². The lowest BCUT2D eigenvalue weighted by Gasteiger charge is -2.38. The zero-order chi connectivity index (χ0) is 18.5. The summed E-state index contributed by atoms with van der Waals surface area (Å²) in [6.45, 7) is 6.21. The Labute approximate surface area is 162 Å². The molecule has 146 valence electrons. The zero-order valence-electron chi connectivity index (χ0n) is 16.4. The number of aromatic amines is 1. The van der Waals surface area contributed by atoms with E-state index in [-0.39, 0.29) is 0 Å². The molecule has 0 saturated carbocycles. The fourth-order valence-electron chi connectivity index (χ4n) is 4.79. The average molecular weight is 369 g/mol. The number of likely N-dealkylation sites (tertiary alicyclic amines) is 1. The molecule has 27 heavy (non-hydrogen) atoms. The molecule has 1 fully saturated rings. The van der Waals surface area contributed by atoms with E-state index in [0.29, 0.717) is 6.04 Å². The smallest absolute Gasteiger partial charge is 0.120 e. The number of aromatic nitrogens is 2. The van der Waals surface area contributed by atoms with Crippen LogP contribution in [0.5, 0.6) is 0 Å². The lowest BCUT2D eigenvalue weighted by atomic mass is 9.95. The van der Waals surface area contributed by atoms with Gasteiger partial charge in [-0.2, -0.15) is 0 Å². The lowest BCUT2D eigenvalue weighted by Crippen LogP contribution is -2.46. The highest BCUT2D eigenvalue weighted by Crippen LogP contribution is 2.29. The molecule has 1 aromatic heterocycles. The largest absolute Gasteiger partial charge is 0.383 e. The predicted octanol–water partition coefficient (Wildman–Crippen LogP) is 2.74. The second-order valence-corrected chi connectivity index (χ2v) is 8.10. The lowest BCUT2D eigenvalue weighted by molar-refractivity contribution is 0.0834. The normalized spacial score (nSPS) is 21.0. The SMILES string of the molecule is COCCN(Cc1ncc[nH]1)C[C@@H]1CCCN(C2Cc3ccccc3C2)C1. The van der Waals surface area contributed by atoms with Gasteiger partial charge in [0.25, 0.3) is 0 Å². The fraction of sp³-hybridized carbons (Fsp3) is 0.591. The summed E-state index contributed by atoms with van der Waals surface area (Å²) in [5, 5.41) is 0. The number of rotatable bonds is 8. The highest BCUT2D eigenvalue weighted by atomic mass is 16.5. The predicted molar refractivity (Wildman–Crippen MR) is 108 cm³/mol. The molecule has 1 saturated heterocycles. The summed E-state index contributed by atoms with van der Waals surface area (Å²) >= 11 is 0. The Morgan fingerprint density at radius 3 is 2.78 bits per heavy atom. The van der Waals surface area contributed by atoms with Crippen LogP contribution in [-0.2, 0) is 24.1 Å². The van der Waals surface area contributed by atoms with Gasteiger partial charge in [-0.1, -0.05) is 24.3 Å². The van der Waals surface area contributed by atoms with Crippen LogP contribution in [0.2, 0.25) is 0 Å². The molecule has 0 bridgehead atoms. The van der Waals surface area contributed by atoms with Crippen LogP contribution in [0.25, 0.3) is 0 Å². The van der Waals surface area contributed by atoms with Gasteiger partial charge in [0.1, 0.15) is 5.82 Å². The monoisotopic (exact) mass is 368 g/mol. The maximum Gasteiger partial charge on any atom is 0.120 e. The van der Waals surface area contributed by atoms with E-state index in [1.54, 1.807) is 18.2 Å². The molecule has 1 aliphatic heterocycles. The molecule has 2 aromatic rings. The molecule has 1 atom stereocenters. The number of imidazole rings is 1. The molecule has 0 spiro atoms. The quantitative estimate of drug-likeness (QED) is 0.778. The van der Waals surface area contributed by atoms with Crippen LogP contribution >= 0.6 is 0 Å². The van der Waals surface area contributed by atoms with Crippen LogP contribution in [0.15, 0.2) is 36.7 Å². The first kappa shape index (κ1) is 18.7. The van der Waals surface area contributed by atoms with Crippen molar-refractivity contribution in [3.63, 3.8) is 0 Å². The van der Waals surface area contributed by atoms with E-state index in [2.05, 4.69) is 44.0 Å². The Balaban J connectivity index is 1.34. The Bertz CT molecular complexity index is 677. The van der Waals surface area contributed by atoms with Gasteiger partial charge in [-0.25, -0.2) is 4.98 Å². The second-order valence-electron chi connectivity index (χ2n) is 8.10. The number of benzene rings is 1. The second kappa shape index (κ2) is 9.00. The summed E-state index contributed by atoms with van der Waals surface area (Å²) in [7, 11) is 1.78. The Kier molecular flexibility index (Phi) is 6.22. The van der Waals surface area contributed by atoms with E-state index < -0.39 is 0 Å².